The summed E-state index contributed by atoms with van der Waals surface area (Å²) < 4.78 is 0. The minimum Gasteiger partial charge on any atom is -0.298 e. The van der Waals surface area contributed by atoms with Gasteiger partial charge in [-0.1, -0.05) is 20.4 Å². The van der Waals surface area contributed by atoms with Crippen LogP contribution in [-0.4, -0.2) is 17.3 Å². The van der Waals surface area contributed by atoms with Crippen LogP contribution in [0.4, 0.5) is 0 Å². The van der Waals surface area contributed by atoms with E-state index >= 15 is 0 Å². The van der Waals surface area contributed by atoms with Gasteiger partial charge in [-0.25, -0.2) is 0 Å². The standard InChI is InChI=1S/C15H22O3/c1-8(2)11(16)10-9(3)14(4,5)13(18)15(6,7)12(10)17/h8,10H,3H2,1-2,4-7H3. The smallest absolute Gasteiger partial charge is 0.160 e. The molecule has 0 spiro atoms. The second kappa shape index (κ2) is 4.15. The number of rotatable bonds is 2. The minimum atomic E-state index is -1.11. The number of hydrogen-bond donors (Lipinski definition) is 0. The third-order valence-corrected chi connectivity index (χ3v) is 4.02. The van der Waals surface area contributed by atoms with Crippen LogP contribution in [0.25, 0.3) is 0 Å². The molecule has 1 unspecified atom stereocenters. The molecular formula is C15H22O3. The van der Waals surface area contributed by atoms with Gasteiger partial charge < -0.3 is 0 Å². The molecule has 0 aromatic rings. The molecule has 0 N–H and O–H groups in total. The first-order valence-corrected chi connectivity index (χ1v) is 6.28. The van der Waals surface area contributed by atoms with Crippen molar-refractivity contribution in [1.29, 1.82) is 0 Å². The van der Waals surface area contributed by atoms with Crippen LogP contribution in [0, 0.1) is 22.7 Å². The van der Waals surface area contributed by atoms with Crippen LogP contribution in [0.1, 0.15) is 41.5 Å². The fraction of sp³-hybridized carbons (Fsp3) is 0.667. The molecule has 3 nitrogen and oxygen atoms in total. The summed E-state index contributed by atoms with van der Waals surface area (Å²) in [6.45, 7) is 14.1. The van der Waals surface area contributed by atoms with Crippen molar-refractivity contribution in [1.82, 2.24) is 0 Å². The minimum absolute atomic E-state index is 0.140. The molecule has 100 valence electrons. The Labute approximate surface area is 109 Å². The van der Waals surface area contributed by atoms with Crippen molar-refractivity contribution in [2.45, 2.75) is 41.5 Å². The van der Waals surface area contributed by atoms with Gasteiger partial charge in [-0.2, -0.15) is 0 Å². The molecule has 0 aromatic carbocycles. The topological polar surface area (TPSA) is 51.2 Å². The van der Waals surface area contributed by atoms with Crippen molar-refractivity contribution in [2.24, 2.45) is 22.7 Å². The van der Waals surface area contributed by atoms with E-state index in [4.69, 9.17) is 0 Å². The number of carbonyl (C=O) groups is 3. The van der Waals surface area contributed by atoms with E-state index in [9.17, 15) is 14.4 Å². The molecule has 1 aliphatic rings. The second-order valence-electron chi connectivity index (χ2n) is 6.46. The summed E-state index contributed by atoms with van der Waals surface area (Å²) in [6, 6.07) is 0. The highest BCUT2D eigenvalue weighted by Crippen LogP contribution is 2.46. The second-order valence-corrected chi connectivity index (χ2v) is 6.46. The molecule has 1 aliphatic carbocycles. The molecule has 18 heavy (non-hydrogen) atoms. The van der Waals surface area contributed by atoms with Crippen LogP contribution in [0.15, 0.2) is 12.2 Å². The molecule has 0 aliphatic heterocycles. The lowest BCUT2D eigenvalue weighted by atomic mass is 9.56. The zero-order valence-electron chi connectivity index (χ0n) is 12.1. The molecule has 1 saturated carbocycles. The third kappa shape index (κ3) is 1.86. The van der Waals surface area contributed by atoms with Gasteiger partial charge in [0, 0.05) is 11.3 Å². The zero-order valence-corrected chi connectivity index (χ0v) is 12.1. The summed E-state index contributed by atoms with van der Waals surface area (Å²) in [5.41, 5.74) is -1.50. The Hall–Kier alpha value is -1.25. The van der Waals surface area contributed by atoms with Gasteiger partial charge in [0.25, 0.3) is 0 Å². The maximum atomic E-state index is 12.4. The summed E-state index contributed by atoms with van der Waals surface area (Å²) in [7, 11) is 0. The highest BCUT2D eigenvalue weighted by atomic mass is 16.2. The van der Waals surface area contributed by atoms with Crippen LogP contribution >= 0.6 is 0 Å². The highest BCUT2D eigenvalue weighted by molar-refractivity contribution is 6.21. The predicted octanol–water partition coefficient (Wildman–Crippen LogP) is 2.59. The van der Waals surface area contributed by atoms with E-state index in [0.29, 0.717) is 5.57 Å². The van der Waals surface area contributed by atoms with Crippen LogP contribution in [-0.2, 0) is 14.4 Å². The molecule has 1 fully saturated rings. The fourth-order valence-electron chi connectivity index (χ4n) is 2.55. The Kier molecular flexibility index (Phi) is 3.41. The number of hydrogen-bond acceptors (Lipinski definition) is 3. The van der Waals surface area contributed by atoms with E-state index in [0.717, 1.165) is 0 Å². The van der Waals surface area contributed by atoms with Gasteiger partial charge in [-0.15, -0.1) is 0 Å². The maximum absolute atomic E-state index is 12.4. The molecule has 3 heteroatoms. The van der Waals surface area contributed by atoms with Crippen LogP contribution in [0.2, 0.25) is 0 Å². The lowest BCUT2D eigenvalue weighted by Crippen LogP contribution is -2.55. The van der Waals surface area contributed by atoms with Crippen LogP contribution in [0.5, 0.6) is 0 Å². The quantitative estimate of drug-likeness (QED) is 0.559. The van der Waals surface area contributed by atoms with Gasteiger partial charge in [0.2, 0.25) is 0 Å². The molecule has 0 aromatic heterocycles. The molecule has 0 saturated heterocycles. The van der Waals surface area contributed by atoms with Gasteiger partial charge >= 0.3 is 0 Å². The Morgan fingerprint density at radius 1 is 1.11 bits per heavy atom. The lowest BCUT2D eigenvalue weighted by molar-refractivity contribution is -0.151. The maximum Gasteiger partial charge on any atom is 0.160 e. The van der Waals surface area contributed by atoms with Crippen molar-refractivity contribution < 1.29 is 14.4 Å². The monoisotopic (exact) mass is 250 g/mol. The van der Waals surface area contributed by atoms with Crippen molar-refractivity contribution in [3.8, 4) is 0 Å². The fourth-order valence-corrected chi connectivity index (χ4v) is 2.55. The van der Waals surface area contributed by atoms with Gasteiger partial charge in [-0.05, 0) is 33.3 Å². The zero-order chi connectivity index (χ0) is 14.5. The van der Waals surface area contributed by atoms with Crippen molar-refractivity contribution in [2.75, 3.05) is 0 Å². The Morgan fingerprint density at radius 3 is 1.94 bits per heavy atom. The molecule has 0 heterocycles. The normalized spacial score (nSPS) is 26.6. The molecule has 0 amide bonds. The van der Waals surface area contributed by atoms with Crippen LogP contribution < -0.4 is 0 Å². The molecule has 0 bridgehead atoms. The van der Waals surface area contributed by atoms with Crippen molar-refractivity contribution >= 4 is 17.3 Å². The first-order valence-electron chi connectivity index (χ1n) is 6.28. The van der Waals surface area contributed by atoms with E-state index in [2.05, 4.69) is 6.58 Å². The Morgan fingerprint density at radius 2 is 1.56 bits per heavy atom. The Balaban J connectivity index is 3.37. The predicted molar refractivity (Wildman–Crippen MR) is 70.1 cm³/mol. The molecule has 1 rings (SSSR count). The van der Waals surface area contributed by atoms with E-state index < -0.39 is 16.7 Å². The summed E-state index contributed by atoms with van der Waals surface area (Å²) in [4.78, 5) is 36.9. The first-order chi connectivity index (χ1) is 7.95. The van der Waals surface area contributed by atoms with E-state index in [1.54, 1.807) is 41.5 Å². The number of carbonyl (C=O) groups excluding carboxylic acids is 3. The lowest BCUT2D eigenvalue weighted by Gasteiger charge is -2.43. The van der Waals surface area contributed by atoms with Crippen LogP contribution in [0.3, 0.4) is 0 Å². The van der Waals surface area contributed by atoms with Gasteiger partial charge in [0.1, 0.15) is 5.78 Å². The highest BCUT2D eigenvalue weighted by Gasteiger charge is 2.56. The average molecular weight is 250 g/mol. The third-order valence-electron chi connectivity index (χ3n) is 4.02. The molecular weight excluding hydrogens is 228 g/mol. The van der Waals surface area contributed by atoms with E-state index in [-0.39, 0.29) is 23.3 Å². The number of allylic oxidation sites excluding steroid dienone is 1. The van der Waals surface area contributed by atoms with Gasteiger partial charge in [-0.3, -0.25) is 14.4 Å². The number of ketones is 3. The largest absolute Gasteiger partial charge is 0.298 e. The van der Waals surface area contributed by atoms with Crippen molar-refractivity contribution in [3.05, 3.63) is 12.2 Å². The summed E-state index contributed by atoms with van der Waals surface area (Å²) in [5.74, 6) is -1.69. The molecule has 0 radical (unpaired) electrons. The number of Topliss-reactive ketones (excluding diaryl/α,β-unsaturated/α-hetero) is 3. The summed E-state index contributed by atoms with van der Waals surface area (Å²) >= 11 is 0. The van der Waals surface area contributed by atoms with Gasteiger partial charge in [0.15, 0.2) is 11.6 Å². The average Bonchev–Trinajstić information content (AvgIpc) is 2.25. The summed E-state index contributed by atoms with van der Waals surface area (Å²) in [5, 5.41) is 0. The molecule has 1 atom stereocenters. The van der Waals surface area contributed by atoms with Gasteiger partial charge in [0.05, 0.1) is 11.3 Å². The first kappa shape index (κ1) is 14.8. The Bertz CT molecular complexity index is 409. The van der Waals surface area contributed by atoms with E-state index in [1.165, 1.54) is 0 Å². The SMILES string of the molecule is C=C1C(C(=O)C(C)C)C(=O)C(C)(C)C(=O)C1(C)C. The van der Waals surface area contributed by atoms with Crippen molar-refractivity contribution in [3.63, 3.8) is 0 Å². The van der Waals surface area contributed by atoms with E-state index in [1.807, 2.05) is 0 Å². The summed E-state index contributed by atoms with van der Waals surface area (Å²) in [6.07, 6.45) is 0.